The molecule has 0 bridgehead atoms. The highest BCUT2D eigenvalue weighted by Gasteiger charge is 2.49. The third-order valence-corrected chi connectivity index (χ3v) is 4.73. The van der Waals surface area contributed by atoms with Crippen LogP contribution in [-0.2, 0) is 19.0 Å². The summed E-state index contributed by atoms with van der Waals surface area (Å²) < 4.78 is 32.6. The van der Waals surface area contributed by atoms with Crippen molar-refractivity contribution in [2.24, 2.45) is 0 Å². The second-order valence-corrected chi connectivity index (χ2v) is 6.74. The topological polar surface area (TPSA) is 113 Å². The minimum atomic E-state index is -1.76. The van der Waals surface area contributed by atoms with Gasteiger partial charge in [0, 0.05) is 13.1 Å². The Hall–Kier alpha value is -3.53. The van der Waals surface area contributed by atoms with E-state index in [1.807, 2.05) is 0 Å². The van der Waals surface area contributed by atoms with E-state index in [1.54, 1.807) is 36.4 Å². The van der Waals surface area contributed by atoms with Crippen LogP contribution in [0, 0.1) is 0 Å². The fourth-order valence-electron chi connectivity index (χ4n) is 3.36. The molecule has 156 valence electrons. The highest BCUT2D eigenvalue weighted by molar-refractivity contribution is 5.89. The van der Waals surface area contributed by atoms with Gasteiger partial charge in [-0.15, -0.1) is 0 Å². The van der Waals surface area contributed by atoms with Crippen LogP contribution in [0.5, 0.6) is 0 Å². The molecule has 1 fully saturated rings. The first kappa shape index (κ1) is 19.8. The first-order valence-corrected chi connectivity index (χ1v) is 9.19. The average Bonchev–Trinajstić information content (AvgIpc) is 3.29. The van der Waals surface area contributed by atoms with Gasteiger partial charge >= 0.3 is 11.9 Å². The number of carbonyl (C=O) groups excluding carboxylic acids is 2. The van der Waals surface area contributed by atoms with E-state index in [9.17, 15) is 14.4 Å². The Morgan fingerprint density at radius 2 is 2.03 bits per heavy atom. The Labute approximate surface area is 169 Å². The van der Waals surface area contributed by atoms with Gasteiger partial charge < -0.3 is 19.2 Å². The number of esters is 2. The number of aromatic amines is 1. The van der Waals surface area contributed by atoms with Crippen molar-refractivity contribution in [2.75, 3.05) is 6.61 Å². The maximum absolute atomic E-state index is 15.1. The summed E-state index contributed by atoms with van der Waals surface area (Å²) in [5.41, 5.74) is 0.421. The second kappa shape index (κ2) is 8.07. The maximum Gasteiger partial charge on any atom is 0.338 e. The minimum Gasteiger partial charge on any atom is -0.459 e. The minimum absolute atomic E-state index is 0.136. The fourth-order valence-corrected chi connectivity index (χ4v) is 3.36. The number of hydrogen-bond acceptors (Lipinski definition) is 7. The first-order chi connectivity index (χ1) is 14.5. The molecule has 4 rings (SSSR count). The number of aromatic nitrogens is 3. The lowest BCUT2D eigenvalue weighted by Gasteiger charge is -2.20. The molecule has 1 saturated heterocycles. The van der Waals surface area contributed by atoms with Gasteiger partial charge in [-0.2, -0.15) is 0 Å². The quantitative estimate of drug-likeness (QED) is 0.632. The normalized spacial score (nSPS) is 23.4. The lowest BCUT2D eigenvalue weighted by atomic mass is 10.1. The van der Waals surface area contributed by atoms with Gasteiger partial charge in [-0.1, -0.05) is 18.2 Å². The Bertz CT molecular complexity index is 1130. The predicted molar refractivity (Wildman–Crippen MR) is 101 cm³/mol. The number of hydrogen-bond donors (Lipinski definition) is 1. The van der Waals surface area contributed by atoms with E-state index < -0.39 is 42.1 Å². The van der Waals surface area contributed by atoms with Crippen LogP contribution in [0.4, 0.5) is 4.39 Å². The van der Waals surface area contributed by atoms with Crippen LogP contribution in [0.15, 0.2) is 53.7 Å². The molecule has 1 N–H and O–H groups in total. The molecule has 0 aliphatic carbocycles. The summed E-state index contributed by atoms with van der Waals surface area (Å²) in [7, 11) is 0. The predicted octanol–water partition coefficient (Wildman–Crippen LogP) is 1.75. The molecule has 1 aromatic carbocycles. The monoisotopic (exact) mass is 415 g/mol. The molecule has 1 aliphatic rings. The molecule has 0 radical (unpaired) electrons. The van der Waals surface area contributed by atoms with Crippen LogP contribution in [0.2, 0.25) is 0 Å². The molecular formula is C20H18FN3O6. The van der Waals surface area contributed by atoms with Crippen molar-refractivity contribution in [1.29, 1.82) is 0 Å². The van der Waals surface area contributed by atoms with Crippen LogP contribution in [0.25, 0.3) is 11.0 Å². The number of pyridine rings is 1. The lowest BCUT2D eigenvalue weighted by Crippen LogP contribution is -2.34. The Balaban J connectivity index is 1.57. The van der Waals surface area contributed by atoms with Crippen molar-refractivity contribution >= 4 is 23.0 Å². The summed E-state index contributed by atoms with van der Waals surface area (Å²) in [5, 5.41) is 0. The zero-order chi connectivity index (χ0) is 21.3. The van der Waals surface area contributed by atoms with E-state index in [0.717, 1.165) is 6.92 Å². The maximum atomic E-state index is 15.1. The molecule has 10 heteroatoms. The van der Waals surface area contributed by atoms with Gasteiger partial charge in [0.25, 0.3) is 5.56 Å². The van der Waals surface area contributed by atoms with Gasteiger partial charge in [0.15, 0.2) is 24.0 Å². The number of nitrogens with one attached hydrogen (secondary N) is 1. The van der Waals surface area contributed by atoms with Crippen molar-refractivity contribution in [1.82, 2.24) is 14.5 Å². The van der Waals surface area contributed by atoms with Gasteiger partial charge in [0.05, 0.1) is 17.4 Å². The highest BCUT2D eigenvalue weighted by Crippen LogP contribution is 2.35. The molecule has 0 spiro atoms. The Morgan fingerprint density at radius 3 is 2.77 bits per heavy atom. The van der Waals surface area contributed by atoms with Crippen molar-refractivity contribution in [3.63, 3.8) is 0 Å². The number of ether oxygens (including phenoxy) is 3. The molecule has 3 heterocycles. The number of benzene rings is 1. The SMILES string of the molecule is CC(=O)O[C@@H]1C(F)[C@@H](COC(=O)c2ccccc2)OC1n1cnc2c(=O)[nH]ccc21. The van der Waals surface area contributed by atoms with Gasteiger partial charge in [0.1, 0.15) is 12.7 Å². The summed E-state index contributed by atoms with van der Waals surface area (Å²) in [6, 6.07) is 9.84. The van der Waals surface area contributed by atoms with Gasteiger partial charge in [-0.25, -0.2) is 14.2 Å². The van der Waals surface area contributed by atoms with E-state index >= 15 is 4.39 Å². The van der Waals surface area contributed by atoms with Crippen molar-refractivity contribution in [2.45, 2.75) is 31.5 Å². The second-order valence-electron chi connectivity index (χ2n) is 6.74. The summed E-state index contributed by atoms with van der Waals surface area (Å²) in [4.78, 5) is 42.1. The fraction of sp³-hybridized carbons (Fsp3) is 0.300. The number of rotatable bonds is 5. The number of alkyl halides is 1. The van der Waals surface area contributed by atoms with Crippen molar-refractivity contribution in [3.05, 3.63) is 64.8 Å². The highest BCUT2D eigenvalue weighted by atomic mass is 19.1. The van der Waals surface area contributed by atoms with Crippen molar-refractivity contribution < 1.29 is 28.2 Å². The summed E-state index contributed by atoms with van der Waals surface area (Å²) in [5.74, 6) is -1.32. The van der Waals surface area contributed by atoms with Crippen LogP contribution in [-0.4, -0.2) is 51.5 Å². The smallest absolute Gasteiger partial charge is 0.338 e. The van der Waals surface area contributed by atoms with Crippen LogP contribution in [0.3, 0.4) is 0 Å². The number of carbonyl (C=O) groups is 2. The molecule has 4 atom stereocenters. The number of H-pyrrole nitrogens is 1. The summed E-state index contributed by atoms with van der Waals surface area (Å²) >= 11 is 0. The number of halogens is 1. The third-order valence-electron chi connectivity index (χ3n) is 4.73. The standard InChI is InChI=1S/C20H18FN3O6/c1-11(25)29-17-15(21)14(9-28-20(27)12-5-3-2-4-6-12)30-19(17)24-10-23-16-13(24)7-8-22-18(16)26/h2-8,10,14-15,17,19H,9H2,1H3,(H,22,26)/t14-,15?,17-,19?/m1/s1. The van der Waals surface area contributed by atoms with Gasteiger partial charge in [0.2, 0.25) is 0 Å². The van der Waals surface area contributed by atoms with E-state index in [2.05, 4.69) is 9.97 Å². The van der Waals surface area contributed by atoms with E-state index in [1.165, 1.54) is 17.1 Å². The van der Waals surface area contributed by atoms with Gasteiger partial charge in [-0.3, -0.25) is 14.2 Å². The summed E-state index contributed by atoms with van der Waals surface area (Å²) in [6.45, 7) is 0.777. The molecule has 1 aliphatic heterocycles. The zero-order valence-corrected chi connectivity index (χ0v) is 15.9. The molecule has 30 heavy (non-hydrogen) atoms. The number of nitrogens with zero attached hydrogens (tertiary/aromatic N) is 2. The van der Waals surface area contributed by atoms with Crippen LogP contribution in [0.1, 0.15) is 23.5 Å². The molecule has 9 nitrogen and oxygen atoms in total. The van der Waals surface area contributed by atoms with Crippen LogP contribution < -0.4 is 5.56 Å². The molecule has 0 saturated carbocycles. The van der Waals surface area contributed by atoms with Crippen LogP contribution >= 0.6 is 0 Å². The lowest BCUT2D eigenvalue weighted by molar-refractivity contribution is -0.154. The summed E-state index contributed by atoms with van der Waals surface area (Å²) in [6.07, 6.45) is -2.60. The average molecular weight is 415 g/mol. The first-order valence-electron chi connectivity index (χ1n) is 9.19. The molecular weight excluding hydrogens is 397 g/mol. The van der Waals surface area contributed by atoms with E-state index in [0.29, 0.717) is 11.1 Å². The number of fused-ring (bicyclic) bond motifs is 1. The van der Waals surface area contributed by atoms with E-state index in [-0.39, 0.29) is 12.1 Å². The third kappa shape index (κ3) is 3.69. The van der Waals surface area contributed by atoms with E-state index in [4.69, 9.17) is 14.2 Å². The van der Waals surface area contributed by atoms with Gasteiger partial charge in [-0.05, 0) is 18.2 Å². The number of imidazole rings is 1. The molecule has 2 unspecified atom stereocenters. The Morgan fingerprint density at radius 1 is 1.27 bits per heavy atom. The molecule has 3 aromatic rings. The molecule has 0 amide bonds. The van der Waals surface area contributed by atoms with Crippen molar-refractivity contribution in [3.8, 4) is 0 Å². The Kier molecular flexibility index (Phi) is 5.32. The zero-order valence-electron chi connectivity index (χ0n) is 15.9. The largest absolute Gasteiger partial charge is 0.459 e. The molecule has 2 aromatic heterocycles.